The van der Waals surface area contributed by atoms with Gasteiger partial charge in [0.05, 0.1) is 22.8 Å². The number of nitro groups is 1. The van der Waals surface area contributed by atoms with Crippen LogP contribution < -0.4 is 10.1 Å². The third kappa shape index (κ3) is 2.82. The van der Waals surface area contributed by atoms with Gasteiger partial charge in [0, 0.05) is 6.07 Å². The summed E-state index contributed by atoms with van der Waals surface area (Å²) in [5.74, 6) is 0.411. The Morgan fingerprint density at radius 2 is 2.15 bits per heavy atom. The number of fused-ring (bicyclic) bond motifs is 2. The first-order valence-electron chi connectivity index (χ1n) is 7.87. The molecule has 0 unspecified atom stereocenters. The zero-order valence-corrected chi connectivity index (χ0v) is 14.8. The molecular formula is C17H14N4O4S. The first-order chi connectivity index (χ1) is 12.6. The van der Waals surface area contributed by atoms with Gasteiger partial charge in [-0.2, -0.15) is 4.98 Å². The molecule has 2 heterocycles. The number of non-ortho nitro benzene ring substituents is 1. The summed E-state index contributed by atoms with van der Waals surface area (Å²) >= 11 is 1.26. The number of aromatic nitrogens is 2. The van der Waals surface area contributed by atoms with Gasteiger partial charge in [-0.3, -0.25) is 15.4 Å². The monoisotopic (exact) mass is 370 g/mol. The van der Waals surface area contributed by atoms with Crippen molar-refractivity contribution < 1.29 is 14.1 Å². The van der Waals surface area contributed by atoms with Crippen LogP contribution in [0.4, 0.5) is 16.8 Å². The number of aryl methyl sites for hydroxylation is 1. The summed E-state index contributed by atoms with van der Waals surface area (Å²) in [6.07, 6.45) is 0.912. The van der Waals surface area contributed by atoms with Crippen molar-refractivity contribution in [1.82, 2.24) is 9.97 Å². The molecule has 4 rings (SSSR count). The summed E-state index contributed by atoms with van der Waals surface area (Å²) in [6.45, 7) is 2.07. The first-order valence-corrected chi connectivity index (χ1v) is 8.68. The van der Waals surface area contributed by atoms with Crippen LogP contribution in [0, 0.1) is 10.1 Å². The zero-order valence-electron chi connectivity index (χ0n) is 14.0. The van der Waals surface area contributed by atoms with Crippen LogP contribution >= 0.6 is 11.3 Å². The summed E-state index contributed by atoms with van der Waals surface area (Å²) in [5, 5.41) is 14.7. The summed E-state index contributed by atoms with van der Waals surface area (Å²) in [6, 6.07) is 9.20. The van der Waals surface area contributed by atoms with Gasteiger partial charge in [-0.1, -0.05) is 24.3 Å². The van der Waals surface area contributed by atoms with Crippen LogP contribution in [0.1, 0.15) is 12.5 Å². The number of thiazole rings is 1. The molecule has 0 aliphatic rings. The minimum absolute atomic E-state index is 0.103. The third-order valence-corrected chi connectivity index (χ3v) is 4.87. The van der Waals surface area contributed by atoms with Gasteiger partial charge in [0.1, 0.15) is 11.3 Å². The Morgan fingerprint density at radius 3 is 2.88 bits per heavy atom. The molecule has 0 amide bonds. The van der Waals surface area contributed by atoms with E-state index in [2.05, 4.69) is 22.2 Å². The van der Waals surface area contributed by atoms with Crippen LogP contribution in [-0.4, -0.2) is 22.0 Å². The predicted molar refractivity (Wildman–Crippen MR) is 99.5 cm³/mol. The van der Waals surface area contributed by atoms with Crippen LogP contribution in [0.3, 0.4) is 0 Å². The largest absolute Gasteiger partial charge is 0.496 e. The Bertz CT molecular complexity index is 1130. The van der Waals surface area contributed by atoms with Crippen molar-refractivity contribution in [3.8, 4) is 5.75 Å². The second-order valence-electron chi connectivity index (χ2n) is 5.57. The molecule has 8 nitrogen and oxygen atoms in total. The van der Waals surface area contributed by atoms with Crippen molar-refractivity contribution in [3.05, 3.63) is 46.0 Å². The molecule has 2 aromatic carbocycles. The van der Waals surface area contributed by atoms with E-state index in [1.54, 1.807) is 6.07 Å². The van der Waals surface area contributed by atoms with Crippen molar-refractivity contribution in [2.45, 2.75) is 13.3 Å². The lowest BCUT2D eigenvalue weighted by atomic mass is 10.1. The van der Waals surface area contributed by atoms with E-state index in [4.69, 9.17) is 9.15 Å². The topological polar surface area (TPSA) is 103 Å². The average molecular weight is 370 g/mol. The highest BCUT2D eigenvalue weighted by molar-refractivity contribution is 7.22. The van der Waals surface area contributed by atoms with Gasteiger partial charge in [0.15, 0.2) is 16.2 Å². The third-order valence-electron chi connectivity index (χ3n) is 3.95. The summed E-state index contributed by atoms with van der Waals surface area (Å²) < 4.78 is 11.4. The van der Waals surface area contributed by atoms with Gasteiger partial charge in [-0.25, -0.2) is 4.98 Å². The Hall–Kier alpha value is -3.20. The molecule has 1 N–H and O–H groups in total. The van der Waals surface area contributed by atoms with E-state index < -0.39 is 4.92 Å². The second-order valence-corrected chi connectivity index (χ2v) is 6.60. The van der Waals surface area contributed by atoms with E-state index in [-0.39, 0.29) is 5.69 Å². The lowest BCUT2D eigenvalue weighted by molar-refractivity contribution is -0.383. The van der Waals surface area contributed by atoms with E-state index in [1.165, 1.54) is 30.1 Å². The maximum Gasteiger partial charge on any atom is 0.302 e. The molecule has 9 heteroatoms. The van der Waals surface area contributed by atoms with Crippen molar-refractivity contribution in [3.63, 3.8) is 0 Å². The quantitative estimate of drug-likeness (QED) is 0.402. The average Bonchev–Trinajstić information content (AvgIpc) is 3.22. The number of nitrogens with zero attached hydrogens (tertiary/aromatic N) is 3. The number of methoxy groups -OCH3 is 1. The van der Waals surface area contributed by atoms with Crippen LogP contribution in [0.5, 0.6) is 5.75 Å². The highest BCUT2D eigenvalue weighted by Gasteiger charge is 2.19. The van der Waals surface area contributed by atoms with E-state index in [9.17, 15) is 10.1 Å². The fraction of sp³-hybridized carbons (Fsp3) is 0.176. The predicted octanol–water partition coefficient (Wildman–Crippen LogP) is 4.66. The van der Waals surface area contributed by atoms with Gasteiger partial charge >= 0.3 is 6.01 Å². The van der Waals surface area contributed by atoms with Crippen molar-refractivity contribution in [2.75, 3.05) is 12.4 Å². The Balaban J connectivity index is 1.73. The molecule has 0 fully saturated rings. The maximum atomic E-state index is 11.3. The van der Waals surface area contributed by atoms with E-state index in [0.29, 0.717) is 32.7 Å². The summed E-state index contributed by atoms with van der Waals surface area (Å²) in [4.78, 5) is 19.5. The van der Waals surface area contributed by atoms with Crippen molar-refractivity contribution in [2.24, 2.45) is 0 Å². The second kappa shape index (κ2) is 6.26. The van der Waals surface area contributed by atoms with Gasteiger partial charge < -0.3 is 9.15 Å². The molecule has 0 atom stereocenters. The normalized spacial score (nSPS) is 11.2. The Labute approximate surface area is 151 Å². The first kappa shape index (κ1) is 16.3. The van der Waals surface area contributed by atoms with Crippen LogP contribution in [0.2, 0.25) is 0 Å². The fourth-order valence-corrected chi connectivity index (χ4v) is 3.54. The van der Waals surface area contributed by atoms with E-state index in [1.807, 2.05) is 18.2 Å². The van der Waals surface area contributed by atoms with Crippen LogP contribution in [-0.2, 0) is 6.42 Å². The Kier molecular flexibility index (Phi) is 3.92. The van der Waals surface area contributed by atoms with E-state index >= 15 is 0 Å². The zero-order chi connectivity index (χ0) is 18.3. The number of nitrogens with one attached hydrogen (secondary N) is 1. The molecule has 0 aliphatic carbocycles. The number of nitro benzene ring substituents is 1. The van der Waals surface area contributed by atoms with Crippen molar-refractivity contribution >= 4 is 49.5 Å². The molecule has 26 heavy (non-hydrogen) atoms. The molecule has 4 aromatic rings. The fourth-order valence-electron chi connectivity index (χ4n) is 2.64. The lowest BCUT2D eigenvalue weighted by Gasteiger charge is -1.99. The van der Waals surface area contributed by atoms with Gasteiger partial charge in [0.25, 0.3) is 5.69 Å². The number of hydrogen-bond donors (Lipinski definition) is 1. The van der Waals surface area contributed by atoms with Crippen LogP contribution in [0.25, 0.3) is 21.3 Å². The van der Waals surface area contributed by atoms with Crippen molar-refractivity contribution in [1.29, 1.82) is 0 Å². The van der Waals surface area contributed by atoms with E-state index in [0.717, 1.165) is 11.9 Å². The molecule has 0 spiro atoms. The molecular weight excluding hydrogens is 356 g/mol. The standard InChI is InChI=1S/C17H14N4O4S/c1-3-9-4-5-13-11(6-9)18-16(25-13)20-17-19-15-12(21(22)23)7-10(24-2)8-14(15)26-17/h4-8H,3H2,1-2H3,(H,18,19,20). The summed E-state index contributed by atoms with van der Waals surface area (Å²) in [5.41, 5.74) is 2.78. The van der Waals surface area contributed by atoms with Crippen LogP contribution in [0.15, 0.2) is 34.7 Å². The highest BCUT2D eigenvalue weighted by Crippen LogP contribution is 2.37. The minimum Gasteiger partial charge on any atom is -0.496 e. The molecule has 2 aromatic heterocycles. The van der Waals surface area contributed by atoms with Gasteiger partial charge in [0.2, 0.25) is 0 Å². The van der Waals surface area contributed by atoms with Gasteiger partial charge in [-0.15, -0.1) is 0 Å². The number of rotatable bonds is 5. The SMILES string of the molecule is CCc1ccc2oc(Nc3nc4c([N+](=O)[O-])cc(OC)cc4s3)nc2c1. The number of ether oxygens (including phenoxy) is 1. The van der Waals surface area contributed by atoms with Gasteiger partial charge in [-0.05, 0) is 24.1 Å². The number of oxazole rings is 1. The highest BCUT2D eigenvalue weighted by atomic mass is 32.1. The molecule has 0 saturated carbocycles. The molecule has 0 aliphatic heterocycles. The smallest absolute Gasteiger partial charge is 0.302 e. The number of anilines is 2. The maximum absolute atomic E-state index is 11.3. The Morgan fingerprint density at radius 1 is 1.31 bits per heavy atom. The molecule has 0 saturated heterocycles. The minimum atomic E-state index is -0.472. The summed E-state index contributed by atoms with van der Waals surface area (Å²) in [7, 11) is 1.47. The number of hydrogen-bond acceptors (Lipinski definition) is 8. The molecule has 132 valence electrons. The molecule has 0 bridgehead atoms. The molecule has 0 radical (unpaired) electrons. The lowest BCUT2D eigenvalue weighted by Crippen LogP contribution is -1.92. The number of benzene rings is 2.